The Bertz CT molecular complexity index is 382. The number of para-hydroxylation sites is 1. The Morgan fingerprint density at radius 1 is 1.29 bits per heavy atom. The van der Waals surface area contributed by atoms with Gasteiger partial charge in [-0.05, 0) is 25.5 Å². The second kappa shape index (κ2) is 4.69. The summed E-state index contributed by atoms with van der Waals surface area (Å²) in [5, 5.41) is 0. The summed E-state index contributed by atoms with van der Waals surface area (Å²) >= 11 is 0. The maximum absolute atomic E-state index is 4.50. The Kier molecular flexibility index (Phi) is 3.43. The van der Waals surface area contributed by atoms with Gasteiger partial charge in [0.05, 0.1) is 13.2 Å². The lowest BCUT2D eigenvalue weighted by Crippen LogP contribution is -2.38. The van der Waals surface area contributed by atoms with Gasteiger partial charge in [0, 0.05) is 23.7 Å². The van der Waals surface area contributed by atoms with Crippen LogP contribution in [0, 0.1) is 0 Å². The van der Waals surface area contributed by atoms with Gasteiger partial charge in [-0.2, -0.15) is 0 Å². The van der Waals surface area contributed by atoms with Gasteiger partial charge in [-0.25, -0.2) is 0 Å². The molecule has 0 aliphatic carbocycles. The first-order valence-corrected chi connectivity index (χ1v) is 6.53. The zero-order chi connectivity index (χ0) is 12.5. The SMILES string of the molecule is C1CO1.CCN1c2ccccc2C(C)(C)C1C. The largest absolute Gasteiger partial charge is 0.377 e. The molecule has 0 bridgehead atoms. The van der Waals surface area contributed by atoms with E-state index in [4.69, 9.17) is 0 Å². The normalized spacial score (nSPS) is 23.8. The molecule has 1 aromatic rings. The van der Waals surface area contributed by atoms with E-state index in [1.165, 1.54) is 11.3 Å². The molecule has 94 valence electrons. The van der Waals surface area contributed by atoms with Crippen LogP contribution >= 0.6 is 0 Å². The number of hydrogen-bond donors (Lipinski definition) is 0. The number of benzene rings is 1. The van der Waals surface area contributed by atoms with E-state index in [-0.39, 0.29) is 5.41 Å². The van der Waals surface area contributed by atoms with Crippen LogP contribution in [0.2, 0.25) is 0 Å². The van der Waals surface area contributed by atoms with Crippen LogP contribution in [0.1, 0.15) is 33.3 Å². The van der Waals surface area contributed by atoms with Gasteiger partial charge in [0.1, 0.15) is 0 Å². The van der Waals surface area contributed by atoms with E-state index in [1.54, 1.807) is 0 Å². The van der Waals surface area contributed by atoms with Crippen molar-refractivity contribution in [3.63, 3.8) is 0 Å². The lowest BCUT2D eigenvalue weighted by atomic mass is 9.81. The minimum absolute atomic E-state index is 0.284. The van der Waals surface area contributed by atoms with Gasteiger partial charge in [-0.1, -0.05) is 32.0 Å². The molecular formula is C15H23NO. The van der Waals surface area contributed by atoms with Gasteiger partial charge in [-0.3, -0.25) is 0 Å². The second-order valence-corrected chi connectivity index (χ2v) is 5.31. The molecule has 2 nitrogen and oxygen atoms in total. The lowest BCUT2D eigenvalue weighted by Gasteiger charge is -2.30. The third kappa shape index (κ3) is 2.32. The molecule has 0 aromatic heterocycles. The summed E-state index contributed by atoms with van der Waals surface area (Å²) in [6.07, 6.45) is 0. The minimum atomic E-state index is 0.284. The quantitative estimate of drug-likeness (QED) is 0.692. The fraction of sp³-hybridized carbons (Fsp3) is 0.600. The van der Waals surface area contributed by atoms with Crippen LogP contribution in [-0.4, -0.2) is 25.8 Å². The first kappa shape index (κ1) is 12.4. The minimum Gasteiger partial charge on any atom is -0.377 e. The van der Waals surface area contributed by atoms with Crippen LogP contribution in [-0.2, 0) is 10.2 Å². The number of hydrogen-bond acceptors (Lipinski definition) is 2. The van der Waals surface area contributed by atoms with Gasteiger partial charge >= 0.3 is 0 Å². The van der Waals surface area contributed by atoms with Crippen LogP contribution in [0.15, 0.2) is 24.3 Å². The molecule has 1 atom stereocenters. The Morgan fingerprint density at radius 3 is 2.41 bits per heavy atom. The highest BCUT2D eigenvalue weighted by atomic mass is 16.6. The van der Waals surface area contributed by atoms with Crippen molar-refractivity contribution in [1.82, 2.24) is 0 Å². The number of rotatable bonds is 1. The molecule has 2 heterocycles. The van der Waals surface area contributed by atoms with Crippen molar-refractivity contribution in [2.45, 2.75) is 39.2 Å². The third-order valence-corrected chi connectivity index (χ3v) is 3.96. The van der Waals surface area contributed by atoms with Crippen LogP contribution < -0.4 is 4.90 Å². The third-order valence-electron chi connectivity index (χ3n) is 3.96. The van der Waals surface area contributed by atoms with Gasteiger partial charge in [0.15, 0.2) is 0 Å². The zero-order valence-corrected chi connectivity index (χ0v) is 11.4. The van der Waals surface area contributed by atoms with Crippen LogP contribution in [0.5, 0.6) is 0 Å². The van der Waals surface area contributed by atoms with Crippen molar-refractivity contribution in [2.75, 3.05) is 24.7 Å². The van der Waals surface area contributed by atoms with Crippen LogP contribution in [0.4, 0.5) is 5.69 Å². The summed E-state index contributed by atoms with van der Waals surface area (Å²) in [5.74, 6) is 0. The summed E-state index contributed by atoms with van der Waals surface area (Å²) in [5.41, 5.74) is 3.20. The average molecular weight is 233 g/mol. The number of ether oxygens (including phenoxy) is 1. The van der Waals surface area contributed by atoms with E-state index in [9.17, 15) is 0 Å². The van der Waals surface area contributed by atoms with Crippen molar-refractivity contribution in [3.8, 4) is 0 Å². The predicted molar refractivity (Wildman–Crippen MR) is 72.8 cm³/mol. The molecule has 0 N–H and O–H groups in total. The summed E-state index contributed by atoms with van der Waals surface area (Å²) < 4.78 is 4.50. The molecular weight excluding hydrogens is 210 g/mol. The van der Waals surface area contributed by atoms with E-state index in [0.717, 1.165) is 19.8 Å². The summed E-state index contributed by atoms with van der Waals surface area (Å²) in [6, 6.07) is 9.39. The molecule has 0 saturated carbocycles. The molecule has 0 radical (unpaired) electrons. The fourth-order valence-corrected chi connectivity index (χ4v) is 2.54. The van der Waals surface area contributed by atoms with Gasteiger partial charge in [0.25, 0.3) is 0 Å². The summed E-state index contributed by atoms with van der Waals surface area (Å²) in [6.45, 7) is 12.3. The highest BCUT2D eigenvalue weighted by Crippen LogP contribution is 2.44. The lowest BCUT2D eigenvalue weighted by molar-refractivity contribution is 0.445. The Balaban J connectivity index is 0.000000313. The zero-order valence-electron chi connectivity index (χ0n) is 11.4. The molecule has 2 aliphatic heterocycles. The summed E-state index contributed by atoms with van der Waals surface area (Å²) in [7, 11) is 0. The topological polar surface area (TPSA) is 15.8 Å². The first-order valence-electron chi connectivity index (χ1n) is 6.53. The van der Waals surface area contributed by atoms with Crippen molar-refractivity contribution in [1.29, 1.82) is 0 Å². The molecule has 17 heavy (non-hydrogen) atoms. The van der Waals surface area contributed by atoms with Crippen LogP contribution in [0.25, 0.3) is 0 Å². The van der Waals surface area contributed by atoms with E-state index >= 15 is 0 Å². The number of fused-ring (bicyclic) bond motifs is 1. The second-order valence-electron chi connectivity index (χ2n) is 5.31. The molecule has 0 spiro atoms. The number of anilines is 1. The molecule has 0 amide bonds. The Morgan fingerprint density at radius 2 is 1.88 bits per heavy atom. The molecule has 2 aliphatic rings. The monoisotopic (exact) mass is 233 g/mol. The highest BCUT2D eigenvalue weighted by Gasteiger charge is 2.40. The molecule has 1 aromatic carbocycles. The first-order chi connectivity index (χ1) is 8.09. The molecule has 1 unspecified atom stereocenters. The maximum Gasteiger partial charge on any atom is 0.0701 e. The fourth-order valence-electron chi connectivity index (χ4n) is 2.54. The van der Waals surface area contributed by atoms with Crippen LogP contribution in [0.3, 0.4) is 0 Å². The number of nitrogens with zero attached hydrogens (tertiary/aromatic N) is 1. The van der Waals surface area contributed by atoms with E-state index in [0.29, 0.717) is 6.04 Å². The smallest absolute Gasteiger partial charge is 0.0701 e. The van der Waals surface area contributed by atoms with Crippen molar-refractivity contribution < 1.29 is 4.74 Å². The van der Waals surface area contributed by atoms with Gasteiger partial charge < -0.3 is 9.64 Å². The van der Waals surface area contributed by atoms with Crippen molar-refractivity contribution in [3.05, 3.63) is 29.8 Å². The standard InChI is InChI=1S/C13H19N.C2H4O/c1-5-14-10(2)13(3,4)11-8-6-7-9-12(11)14;1-2-3-1/h6-10H,5H2,1-4H3;1-2H2. The van der Waals surface area contributed by atoms with E-state index < -0.39 is 0 Å². The Hall–Kier alpha value is -1.02. The molecule has 2 heteroatoms. The number of likely N-dealkylation sites (N-methyl/N-ethyl adjacent to an activating group) is 1. The predicted octanol–water partition coefficient (Wildman–Crippen LogP) is 3.21. The van der Waals surface area contributed by atoms with Gasteiger partial charge in [0.2, 0.25) is 0 Å². The Labute approximate surface area is 105 Å². The molecule has 1 fully saturated rings. The number of epoxide rings is 1. The van der Waals surface area contributed by atoms with E-state index in [1.807, 2.05) is 0 Å². The highest BCUT2D eigenvalue weighted by molar-refractivity contribution is 5.63. The van der Waals surface area contributed by atoms with Crippen molar-refractivity contribution in [2.24, 2.45) is 0 Å². The van der Waals surface area contributed by atoms with Crippen molar-refractivity contribution >= 4 is 5.69 Å². The maximum atomic E-state index is 4.50. The summed E-state index contributed by atoms with van der Waals surface area (Å²) in [4.78, 5) is 2.50. The molecule has 1 saturated heterocycles. The van der Waals surface area contributed by atoms with Gasteiger partial charge in [-0.15, -0.1) is 0 Å². The van der Waals surface area contributed by atoms with E-state index in [2.05, 4.69) is 61.6 Å². The molecule has 3 rings (SSSR count). The average Bonchev–Trinajstić information content (AvgIpc) is 3.16.